The van der Waals surface area contributed by atoms with Gasteiger partial charge in [0, 0.05) is 24.8 Å². The van der Waals surface area contributed by atoms with Gasteiger partial charge in [-0.25, -0.2) is 13.4 Å². The summed E-state index contributed by atoms with van der Waals surface area (Å²) in [6.07, 6.45) is 2.55. The molecule has 0 radical (unpaired) electrons. The SMILES string of the molecule is CCc1nn2c(=O)cc(CNc3cccc(S(=O)(=O)N4CCCC4)c3)nc2s1. The van der Waals surface area contributed by atoms with Crippen LogP contribution in [0.25, 0.3) is 4.96 Å². The average molecular weight is 420 g/mol. The molecule has 1 fully saturated rings. The first-order chi connectivity index (χ1) is 13.5. The Morgan fingerprint density at radius 2 is 2.00 bits per heavy atom. The second-order valence-corrected chi connectivity index (χ2v) is 9.60. The molecule has 1 aromatic carbocycles. The molecule has 0 bridgehead atoms. The summed E-state index contributed by atoms with van der Waals surface area (Å²) in [7, 11) is -3.46. The van der Waals surface area contributed by atoms with E-state index in [-0.39, 0.29) is 10.5 Å². The van der Waals surface area contributed by atoms with Gasteiger partial charge in [-0.3, -0.25) is 4.79 Å². The summed E-state index contributed by atoms with van der Waals surface area (Å²) in [6, 6.07) is 8.20. The van der Waals surface area contributed by atoms with Crippen molar-refractivity contribution in [1.82, 2.24) is 18.9 Å². The van der Waals surface area contributed by atoms with Crippen LogP contribution in [0.15, 0.2) is 40.0 Å². The molecule has 0 spiro atoms. The molecule has 28 heavy (non-hydrogen) atoms. The summed E-state index contributed by atoms with van der Waals surface area (Å²) in [5.41, 5.74) is 1.04. The molecule has 2 aromatic heterocycles. The highest BCUT2D eigenvalue weighted by Gasteiger charge is 2.27. The molecule has 3 heterocycles. The maximum atomic E-state index is 12.7. The minimum Gasteiger partial charge on any atom is -0.379 e. The summed E-state index contributed by atoms with van der Waals surface area (Å²) in [5.74, 6) is 0. The zero-order chi connectivity index (χ0) is 19.7. The van der Waals surface area contributed by atoms with Gasteiger partial charge in [-0.2, -0.15) is 13.9 Å². The van der Waals surface area contributed by atoms with Crippen molar-refractivity contribution in [3.63, 3.8) is 0 Å². The van der Waals surface area contributed by atoms with E-state index in [1.54, 1.807) is 24.3 Å². The number of rotatable bonds is 6. The number of hydrogen-bond donors (Lipinski definition) is 1. The third-order valence-corrected chi connectivity index (χ3v) is 7.60. The van der Waals surface area contributed by atoms with E-state index in [0.717, 1.165) is 24.3 Å². The van der Waals surface area contributed by atoms with Gasteiger partial charge in [-0.15, -0.1) is 0 Å². The van der Waals surface area contributed by atoms with Gasteiger partial charge >= 0.3 is 0 Å². The van der Waals surface area contributed by atoms with Gasteiger partial charge in [-0.1, -0.05) is 24.3 Å². The lowest BCUT2D eigenvalue weighted by Crippen LogP contribution is -2.27. The molecule has 8 nitrogen and oxygen atoms in total. The number of fused-ring (bicyclic) bond motifs is 1. The topological polar surface area (TPSA) is 96.7 Å². The van der Waals surface area contributed by atoms with Crippen LogP contribution >= 0.6 is 11.3 Å². The summed E-state index contributed by atoms with van der Waals surface area (Å²) < 4.78 is 28.3. The molecular weight excluding hydrogens is 398 g/mol. The Labute approximate surface area is 166 Å². The maximum Gasteiger partial charge on any atom is 0.275 e. The summed E-state index contributed by atoms with van der Waals surface area (Å²) in [5, 5.41) is 8.26. The van der Waals surface area contributed by atoms with Crippen molar-refractivity contribution >= 4 is 32.0 Å². The van der Waals surface area contributed by atoms with Crippen LogP contribution in [0.4, 0.5) is 5.69 Å². The zero-order valence-electron chi connectivity index (χ0n) is 15.5. The first-order valence-corrected chi connectivity index (χ1v) is 11.5. The lowest BCUT2D eigenvalue weighted by molar-refractivity contribution is 0.477. The van der Waals surface area contributed by atoms with E-state index in [1.165, 1.54) is 26.2 Å². The van der Waals surface area contributed by atoms with E-state index in [1.807, 2.05) is 6.92 Å². The van der Waals surface area contributed by atoms with Crippen LogP contribution in [0, 0.1) is 0 Å². The number of anilines is 1. The smallest absolute Gasteiger partial charge is 0.275 e. The molecule has 10 heteroatoms. The average Bonchev–Trinajstić information content (AvgIpc) is 3.37. The Kier molecular flexibility index (Phi) is 5.17. The van der Waals surface area contributed by atoms with Crippen LogP contribution in [0.3, 0.4) is 0 Å². The number of sulfonamides is 1. The fourth-order valence-electron chi connectivity index (χ4n) is 3.17. The highest BCUT2D eigenvalue weighted by Crippen LogP contribution is 2.23. The Morgan fingerprint density at radius 1 is 1.21 bits per heavy atom. The highest BCUT2D eigenvalue weighted by atomic mass is 32.2. The molecule has 0 atom stereocenters. The number of aromatic nitrogens is 3. The van der Waals surface area contributed by atoms with Crippen LogP contribution in [0.2, 0.25) is 0 Å². The van der Waals surface area contributed by atoms with Gasteiger partial charge in [-0.05, 0) is 37.5 Å². The second kappa shape index (κ2) is 7.61. The molecule has 1 saturated heterocycles. The normalized spacial score (nSPS) is 15.3. The highest BCUT2D eigenvalue weighted by molar-refractivity contribution is 7.89. The minimum atomic E-state index is -3.46. The lowest BCUT2D eigenvalue weighted by atomic mass is 10.3. The van der Waals surface area contributed by atoms with Crippen LogP contribution < -0.4 is 10.9 Å². The van der Waals surface area contributed by atoms with E-state index in [2.05, 4.69) is 15.4 Å². The van der Waals surface area contributed by atoms with E-state index < -0.39 is 10.0 Å². The molecule has 4 rings (SSSR count). The first-order valence-electron chi connectivity index (χ1n) is 9.20. The van der Waals surface area contributed by atoms with Gasteiger partial charge in [0.15, 0.2) is 0 Å². The van der Waals surface area contributed by atoms with Crippen LogP contribution in [-0.2, 0) is 23.0 Å². The van der Waals surface area contributed by atoms with Crippen molar-refractivity contribution in [1.29, 1.82) is 0 Å². The Hall–Kier alpha value is -2.30. The number of nitrogens with one attached hydrogen (secondary N) is 1. The summed E-state index contributed by atoms with van der Waals surface area (Å²) >= 11 is 1.40. The first kappa shape index (κ1) is 19.0. The third kappa shape index (κ3) is 3.67. The quantitative estimate of drug-likeness (QED) is 0.657. The van der Waals surface area contributed by atoms with E-state index >= 15 is 0 Å². The molecule has 0 amide bonds. The van der Waals surface area contributed by atoms with Crippen molar-refractivity contribution in [3.05, 3.63) is 51.4 Å². The van der Waals surface area contributed by atoms with Crippen molar-refractivity contribution in [2.75, 3.05) is 18.4 Å². The van der Waals surface area contributed by atoms with Gasteiger partial charge in [0.25, 0.3) is 5.56 Å². The summed E-state index contributed by atoms with van der Waals surface area (Å²) in [6.45, 7) is 3.44. The van der Waals surface area contributed by atoms with E-state index in [0.29, 0.717) is 36.0 Å². The van der Waals surface area contributed by atoms with E-state index in [4.69, 9.17) is 0 Å². The zero-order valence-corrected chi connectivity index (χ0v) is 17.1. The van der Waals surface area contributed by atoms with E-state index in [9.17, 15) is 13.2 Å². The Bertz CT molecular complexity index is 1160. The fraction of sp³-hybridized carbons (Fsp3) is 0.389. The van der Waals surface area contributed by atoms with Crippen LogP contribution in [-0.4, -0.2) is 40.4 Å². The Morgan fingerprint density at radius 3 is 2.75 bits per heavy atom. The predicted molar refractivity (Wildman–Crippen MR) is 108 cm³/mol. The van der Waals surface area contributed by atoms with Crippen molar-refractivity contribution in [2.24, 2.45) is 0 Å². The number of aryl methyl sites for hydroxylation is 1. The number of hydrogen-bond acceptors (Lipinski definition) is 7. The molecule has 148 valence electrons. The fourth-order valence-corrected chi connectivity index (χ4v) is 5.59. The van der Waals surface area contributed by atoms with Crippen LogP contribution in [0.5, 0.6) is 0 Å². The number of benzene rings is 1. The minimum absolute atomic E-state index is 0.219. The monoisotopic (exact) mass is 419 g/mol. The molecule has 1 aliphatic rings. The van der Waals surface area contributed by atoms with Crippen molar-refractivity contribution in [3.8, 4) is 0 Å². The molecule has 3 aromatic rings. The predicted octanol–water partition coefficient (Wildman–Crippen LogP) is 2.11. The molecule has 1 aliphatic heterocycles. The van der Waals surface area contributed by atoms with Gasteiger partial charge in [0.1, 0.15) is 5.01 Å². The molecule has 0 saturated carbocycles. The lowest BCUT2D eigenvalue weighted by Gasteiger charge is -2.16. The van der Waals surface area contributed by atoms with Crippen LogP contribution in [0.1, 0.15) is 30.5 Å². The third-order valence-electron chi connectivity index (χ3n) is 4.65. The Balaban J connectivity index is 1.54. The largest absolute Gasteiger partial charge is 0.379 e. The molecule has 0 aliphatic carbocycles. The molecule has 0 unspecified atom stereocenters. The maximum absolute atomic E-state index is 12.7. The standard InChI is InChI=1S/C18H21N5O3S2/c1-2-16-21-23-17(24)11-14(20-18(23)27-16)12-19-13-6-5-7-15(10-13)28(25,26)22-8-3-4-9-22/h5-7,10-11,19H,2-4,8-9,12H2,1H3. The number of nitrogens with zero attached hydrogens (tertiary/aromatic N) is 4. The second-order valence-electron chi connectivity index (χ2n) is 6.62. The molecule has 1 N–H and O–H groups in total. The summed E-state index contributed by atoms with van der Waals surface area (Å²) in [4.78, 5) is 17.5. The van der Waals surface area contributed by atoms with Crippen molar-refractivity contribution < 1.29 is 8.42 Å². The van der Waals surface area contributed by atoms with Gasteiger partial charge in [0.2, 0.25) is 15.0 Å². The van der Waals surface area contributed by atoms with Gasteiger partial charge < -0.3 is 5.32 Å². The van der Waals surface area contributed by atoms with Gasteiger partial charge in [0.05, 0.1) is 17.1 Å². The van der Waals surface area contributed by atoms with Crippen molar-refractivity contribution in [2.45, 2.75) is 37.6 Å². The molecular formula is C18H21N5O3S2.